The Morgan fingerprint density at radius 3 is 2.94 bits per heavy atom. The number of pyridine rings is 1. The van der Waals surface area contributed by atoms with Crippen LogP contribution < -0.4 is 16.2 Å². The van der Waals surface area contributed by atoms with Crippen LogP contribution >= 0.6 is 11.6 Å². The lowest BCUT2D eigenvalue weighted by molar-refractivity contribution is 0.616. The lowest BCUT2D eigenvalue weighted by Gasteiger charge is -2.18. The van der Waals surface area contributed by atoms with E-state index in [0.29, 0.717) is 22.4 Å². The Labute approximate surface area is 182 Å². The summed E-state index contributed by atoms with van der Waals surface area (Å²) in [5, 5.41) is 7.03. The Morgan fingerprint density at radius 1 is 1.23 bits per heavy atom. The van der Waals surface area contributed by atoms with Crippen LogP contribution in [0, 0.1) is 12.7 Å². The third-order valence-electron chi connectivity index (χ3n) is 5.46. The van der Waals surface area contributed by atoms with Crippen molar-refractivity contribution in [2.75, 3.05) is 11.9 Å². The number of nitrogens with zero attached hydrogens (tertiary/aromatic N) is 3. The van der Waals surface area contributed by atoms with Crippen LogP contribution in [0.4, 0.5) is 16.0 Å². The van der Waals surface area contributed by atoms with E-state index in [1.165, 1.54) is 34.0 Å². The number of rotatable bonds is 3. The highest BCUT2D eigenvalue weighted by Crippen LogP contribution is 2.25. The topological polar surface area (TPSA) is 71.8 Å². The molecule has 2 aromatic carbocycles. The van der Waals surface area contributed by atoms with Gasteiger partial charge in [-0.3, -0.25) is 9.36 Å². The van der Waals surface area contributed by atoms with Gasteiger partial charge in [0, 0.05) is 24.6 Å². The third kappa shape index (κ3) is 3.56. The number of benzene rings is 2. The molecule has 0 atom stereocenters. The van der Waals surface area contributed by atoms with E-state index >= 15 is 0 Å². The van der Waals surface area contributed by atoms with Gasteiger partial charge in [0.15, 0.2) is 0 Å². The standard InChI is InChI=1S/C23H19ClFN5O/c1-13-12-30(21-18(24)3-2-4-19(21)25)22(31)17-11-27-23(29-20(13)17)28-16-6-5-14-7-8-26-10-15(14)9-16/h2-6,9,11-12,26H,7-8,10H2,1H3,(H,27,28,29). The highest BCUT2D eigenvalue weighted by Gasteiger charge is 2.16. The summed E-state index contributed by atoms with van der Waals surface area (Å²) in [6.07, 6.45) is 4.03. The van der Waals surface area contributed by atoms with E-state index in [9.17, 15) is 9.18 Å². The van der Waals surface area contributed by atoms with E-state index in [4.69, 9.17) is 11.6 Å². The van der Waals surface area contributed by atoms with E-state index in [-0.39, 0.29) is 10.7 Å². The summed E-state index contributed by atoms with van der Waals surface area (Å²) in [7, 11) is 0. The molecular formula is C23H19ClFN5O. The molecule has 0 saturated heterocycles. The molecule has 156 valence electrons. The van der Waals surface area contributed by atoms with E-state index in [1.54, 1.807) is 12.3 Å². The first-order valence-corrected chi connectivity index (χ1v) is 10.3. The van der Waals surface area contributed by atoms with E-state index in [2.05, 4.69) is 32.7 Å². The van der Waals surface area contributed by atoms with Gasteiger partial charge in [0.25, 0.3) is 5.56 Å². The third-order valence-corrected chi connectivity index (χ3v) is 5.77. The lowest BCUT2D eigenvalue weighted by atomic mass is 10.0. The van der Waals surface area contributed by atoms with E-state index in [0.717, 1.165) is 25.2 Å². The summed E-state index contributed by atoms with van der Waals surface area (Å²) in [6.45, 7) is 3.64. The molecule has 0 amide bonds. The summed E-state index contributed by atoms with van der Waals surface area (Å²) in [5.41, 5.74) is 4.26. The van der Waals surface area contributed by atoms with Crippen LogP contribution in [0.3, 0.4) is 0 Å². The number of para-hydroxylation sites is 1. The number of nitrogens with one attached hydrogen (secondary N) is 2. The number of halogens is 2. The van der Waals surface area contributed by atoms with Gasteiger partial charge in [-0.25, -0.2) is 14.4 Å². The molecule has 0 saturated carbocycles. The monoisotopic (exact) mass is 435 g/mol. The Kier molecular flexibility index (Phi) is 4.92. The molecule has 0 spiro atoms. The molecule has 2 aromatic heterocycles. The van der Waals surface area contributed by atoms with Gasteiger partial charge in [0.1, 0.15) is 11.5 Å². The lowest BCUT2D eigenvalue weighted by Crippen LogP contribution is -2.23. The van der Waals surface area contributed by atoms with Crippen molar-refractivity contribution in [2.45, 2.75) is 19.9 Å². The summed E-state index contributed by atoms with van der Waals surface area (Å²) < 4.78 is 15.6. The number of aryl methyl sites for hydroxylation is 1. The van der Waals surface area contributed by atoms with Crippen molar-refractivity contribution >= 4 is 34.1 Å². The quantitative estimate of drug-likeness (QED) is 0.503. The van der Waals surface area contributed by atoms with Gasteiger partial charge in [-0.1, -0.05) is 23.7 Å². The fourth-order valence-corrected chi connectivity index (χ4v) is 4.17. The largest absolute Gasteiger partial charge is 0.324 e. The zero-order chi connectivity index (χ0) is 21.5. The fraction of sp³-hybridized carbons (Fsp3) is 0.174. The highest BCUT2D eigenvalue weighted by atomic mass is 35.5. The first kappa shape index (κ1) is 19.7. The van der Waals surface area contributed by atoms with Crippen LogP contribution in [0.25, 0.3) is 16.6 Å². The number of hydrogen-bond donors (Lipinski definition) is 2. The van der Waals surface area contributed by atoms with Gasteiger partial charge in [-0.15, -0.1) is 0 Å². The van der Waals surface area contributed by atoms with Crippen molar-refractivity contribution in [2.24, 2.45) is 0 Å². The average Bonchev–Trinajstić information content (AvgIpc) is 2.77. The number of aromatic nitrogens is 3. The van der Waals surface area contributed by atoms with Crippen molar-refractivity contribution in [1.82, 2.24) is 19.9 Å². The molecule has 31 heavy (non-hydrogen) atoms. The molecular weight excluding hydrogens is 417 g/mol. The number of fused-ring (bicyclic) bond motifs is 2. The van der Waals surface area contributed by atoms with Gasteiger partial charge < -0.3 is 10.6 Å². The highest BCUT2D eigenvalue weighted by molar-refractivity contribution is 6.32. The second-order valence-corrected chi connectivity index (χ2v) is 7.96. The fourth-order valence-electron chi connectivity index (χ4n) is 3.91. The van der Waals surface area contributed by atoms with E-state index in [1.807, 2.05) is 13.0 Å². The molecule has 0 radical (unpaired) electrons. The van der Waals surface area contributed by atoms with Gasteiger partial charge in [-0.2, -0.15) is 0 Å². The molecule has 0 bridgehead atoms. The molecule has 6 nitrogen and oxygen atoms in total. The second-order valence-electron chi connectivity index (χ2n) is 7.55. The van der Waals surface area contributed by atoms with Crippen molar-refractivity contribution in [3.8, 4) is 5.69 Å². The van der Waals surface area contributed by atoms with Crippen LogP contribution in [0.2, 0.25) is 5.02 Å². The molecule has 8 heteroatoms. The minimum absolute atomic E-state index is 0.0176. The first-order chi connectivity index (χ1) is 15.0. The van der Waals surface area contributed by atoms with Gasteiger partial charge >= 0.3 is 0 Å². The van der Waals surface area contributed by atoms with Gasteiger partial charge in [0.05, 0.1) is 15.9 Å². The van der Waals surface area contributed by atoms with Crippen molar-refractivity contribution < 1.29 is 4.39 Å². The Bertz CT molecular complexity index is 1360. The van der Waals surface area contributed by atoms with Crippen LogP contribution in [-0.4, -0.2) is 21.1 Å². The maximum Gasteiger partial charge on any atom is 0.266 e. The Morgan fingerprint density at radius 2 is 2.10 bits per heavy atom. The summed E-state index contributed by atoms with van der Waals surface area (Å²) in [4.78, 5) is 21.9. The van der Waals surface area contributed by atoms with Crippen molar-refractivity contribution in [3.05, 3.63) is 86.7 Å². The molecule has 4 aromatic rings. The van der Waals surface area contributed by atoms with Gasteiger partial charge in [-0.05, 0) is 60.8 Å². The summed E-state index contributed by atoms with van der Waals surface area (Å²) in [5.74, 6) is -0.185. The SMILES string of the molecule is Cc1cn(-c2c(F)cccc2Cl)c(=O)c2cnc(Nc3ccc4c(c3)CNCC4)nc12. The Balaban J connectivity index is 1.55. The minimum Gasteiger partial charge on any atom is -0.324 e. The van der Waals surface area contributed by atoms with Crippen LogP contribution in [0.1, 0.15) is 16.7 Å². The van der Waals surface area contributed by atoms with Crippen LogP contribution in [0.5, 0.6) is 0 Å². The van der Waals surface area contributed by atoms with Crippen LogP contribution in [0.15, 0.2) is 53.6 Å². The summed E-state index contributed by atoms with van der Waals surface area (Å²) in [6, 6.07) is 10.5. The minimum atomic E-state index is -0.575. The van der Waals surface area contributed by atoms with Gasteiger partial charge in [0.2, 0.25) is 5.95 Å². The van der Waals surface area contributed by atoms with Crippen LogP contribution in [-0.2, 0) is 13.0 Å². The zero-order valence-corrected chi connectivity index (χ0v) is 17.5. The van der Waals surface area contributed by atoms with Crippen molar-refractivity contribution in [1.29, 1.82) is 0 Å². The molecule has 5 rings (SSSR count). The summed E-state index contributed by atoms with van der Waals surface area (Å²) >= 11 is 6.16. The molecule has 2 N–H and O–H groups in total. The van der Waals surface area contributed by atoms with Crippen molar-refractivity contribution in [3.63, 3.8) is 0 Å². The molecule has 0 fully saturated rings. The number of hydrogen-bond acceptors (Lipinski definition) is 5. The normalized spacial score (nSPS) is 13.3. The zero-order valence-electron chi connectivity index (χ0n) is 16.7. The number of anilines is 2. The predicted molar refractivity (Wildman–Crippen MR) is 120 cm³/mol. The average molecular weight is 436 g/mol. The maximum atomic E-state index is 14.4. The van der Waals surface area contributed by atoms with E-state index < -0.39 is 11.4 Å². The second kappa shape index (κ2) is 7.76. The smallest absolute Gasteiger partial charge is 0.266 e. The predicted octanol–water partition coefficient (Wildman–Crippen LogP) is 4.27. The molecule has 0 aliphatic carbocycles. The Hall–Kier alpha value is -3.29. The maximum absolute atomic E-state index is 14.4. The molecule has 3 heterocycles. The first-order valence-electron chi connectivity index (χ1n) is 9.94. The molecule has 1 aliphatic heterocycles. The molecule has 1 aliphatic rings. The molecule has 0 unspecified atom stereocenters.